The summed E-state index contributed by atoms with van der Waals surface area (Å²) < 4.78 is 0. The number of hydrogen-bond donors (Lipinski definition) is 1. The first kappa shape index (κ1) is 13.0. The lowest BCUT2D eigenvalue weighted by molar-refractivity contribution is 0.0690. The number of benzene rings is 1. The quantitative estimate of drug-likeness (QED) is 0.913. The predicted octanol–water partition coefficient (Wildman–Crippen LogP) is 2.22. The van der Waals surface area contributed by atoms with Gasteiger partial charge in [-0.05, 0) is 12.5 Å². The summed E-state index contributed by atoms with van der Waals surface area (Å²) in [4.78, 5) is 21.4. The van der Waals surface area contributed by atoms with Gasteiger partial charge in [0.05, 0.1) is 0 Å². The summed E-state index contributed by atoms with van der Waals surface area (Å²) in [7, 11) is 3.63. The molecule has 98 valence electrons. The van der Waals surface area contributed by atoms with Crippen LogP contribution >= 0.6 is 0 Å². The Labute approximate surface area is 111 Å². The Hall–Kier alpha value is -2.43. The number of aryl methyl sites for hydroxylation is 1. The van der Waals surface area contributed by atoms with Crippen molar-refractivity contribution >= 4 is 11.8 Å². The maximum Gasteiger partial charge on any atom is 0.354 e. The number of carboxylic acids is 1. The minimum atomic E-state index is -1.06. The maximum absolute atomic E-state index is 11.1. The third-order valence-electron chi connectivity index (χ3n) is 2.78. The zero-order chi connectivity index (χ0) is 14.0. The van der Waals surface area contributed by atoms with Crippen molar-refractivity contribution in [3.63, 3.8) is 0 Å². The van der Waals surface area contributed by atoms with E-state index in [1.807, 2.05) is 45.3 Å². The van der Waals surface area contributed by atoms with E-state index in [4.69, 9.17) is 5.11 Å². The van der Waals surface area contributed by atoms with Crippen molar-refractivity contribution in [1.82, 2.24) is 9.97 Å². The van der Waals surface area contributed by atoms with Gasteiger partial charge in [0.1, 0.15) is 5.82 Å². The fourth-order valence-corrected chi connectivity index (χ4v) is 1.72. The molecule has 1 N–H and O–H groups in total. The molecular weight excluding hydrogens is 242 g/mol. The highest BCUT2D eigenvalue weighted by molar-refractivity contribution is 5.87. The molecule has 0 radical (unpaired) electrons. The van der Waals surface area contributed by atoms with E-state index in [1.54, 1.807) is 4.90 Å². The lowest BCUT2D eigenvalue weighted by atomic mass is 10.1. The molecule has 0 aliphatic heterocycles. The molecule has 0 unspecified atom stereocenters. The number of rotatable bonds is 3. The van der Waals surface area contributed by atoms with E-state index in [9.17, 15) is 4.79 Å². The molecule has 1 aromatic heterocycles. The van der Waals surface area contributed by atoms with Crippen LogP contribution in [0.5, 0.6) is 0 Å². The standard InChI is InChI=1S/C14H15N3O2/c1-9-6-4-5-7-10(9)13-15-11(14(18)19)8-12(16-13)17(2)3/h4-8H,1-3H3,(H,18,19). The predicted molar refractivity (Wildman–Crippen MR) is 73.5 cm³/mol. The third-order valence-corrected chi connectivity index (χ3v) is 2.78. The Bertz CT molecular complexity index is 624. The topological polar surface area (TPSA) is 66.3 Å². The lowest BCUT2D eigenvalue weighted by Gasteiger charge is -2.13. The second kappa shape index (κ2) is 5.06. The second-order valence-electron chi connectivity index (χ2n) is 4.45. The van der Waals surface area contributed by atoms with Gasteiger partial charge in [-0.15, -0.1) is 0 Å². The van der Waals surface area contributed by atoms with E-state index < -0.39 is 5.97 Å². The Balaban J connectivity index is 2.63. The van der Waals surface area contributed by atoms with Crippen LogP contribution in [0.2, 0.25) is 0 Å². The average Bonchev–Trinajstić information content (AvgIpc) is 2.38. The van der Waals surface area contributed by atoms with Crippen LogP contribution in [0.25, 0.3) is 11.4 Å². The van der Waals surface area contributed by atoms with Crippen molar-refractivity contribution < 1.29 is 9.90 Å². The molecule has 0 spiro atoms. The molecule has 1 aromatic carbocycles. The molecule has 0 amide bonds. The van der Waals surface area contributed by atoms with E-state index >= 15 is 0 Å². The van der Waals surface area contributed by atoms with E-state index in [2.05, 4.69) is 9.97 Å². The summed E-state index contributed by atoms with van der Waals surface area (Å²) in [5.74, 6) is -0.0484. The fourth-order valence-electron chi connectivity index (χ4n) is 1.72. The van der Waals surface area contributed by atoms with Gasteiger partial charge < -0.3 is 10.0 Å². The van der Waals surface area contributed by atoms with Crippen LogP contribution in [0.15, 0.2) is 30.3 Å². The van der Waals surface area contributed by atoms with Crippen molar-refractivity contribution in [2.75, 3.05) is 19.0 Å². The normalized spacial score (nSPS) is 10.3. The molecule has 0 aliphatic carbocycles. The number of carbonyl (C=O) groups is 1. The second-order valence-corrected chi connectivity index (χ2v) is 4.45. The molecule has 0 bridgehead atoms. The Morgan fingerprint density at radius 1 is 1.21 bits per heavy atom. The van der Waals surface area contributed by atoms with Gasteiger partial charge in [-0.2, -0.15) is 0 Å². The highest BCUT2D eigenvalue weighted by atomic mass is 16.4. The molecule has 2 aromatic rings. The summed E-state index contributed by atoms with van der Waals surface area (Å²) >= 11 is 0. The van der Waals surface area contributed by atoms with E-state index in [-0.39, 0.29) is 5.69 Å². The number of hydrogen-bond acceptors (Lipinski definition) is 4. The summed E-state index contributed by atoms with van der Waals surface area (Å²) in [5.41, 5.74) is 1.85. The van der Waals surface area contributed by atoms with Crippen molar-refractivity contribution in [3.8, 4) is 11.4 Å². The van der Waals surface area contributed by atoms with Crippen LogP contribution < -0.4 is 4.90 Å². The van der Waals surface area contributed by atoms with Crippen molar-refractivity contribution in [2.45, 2.75) is 6.92 Å². The number of carboxylic acid groups (broad SMARTS) is 1. The average molecular weight is 257 g/mol. The summed E-state index contributed by atoms with van der Waals surface area (Å²) in [6, 6.07) is 9.10. The molecular formula is C14H15N3O2. The molecule has 0 saturated carbocycles. The Kier molecular flexibility index (Phi) is 3.46. The molecule has 5 nitrogen and oxygen atoms in total. The molecule has 19 heavy (non-hydrogen) atoms. The van der Waals surface area contributed by atoms with Gasteiger partial charge in [-0.1, -0.05) is 24.3 Å². The van der Waals surface area contributed by atoms with Crippen molar-refractivity contribution in [3.05, 3.63) is 41.6 Å². The number of anilines is 1. The minimum absolute atomic E-state index is 0.00282. The van der Waals surface area contributed by atoms with Crippen LogP contribution in [-0.2, 0) is 0 Å². The van der Waals surface area contributed by atoms with Crippen LogP contribution in [0.3, 0.4) is 0 Å². The Morgan fingerprint density at radius 3 is 2.47 bits per heavy atom. The summed E-state index contributed by atoms with van der Waals surface area (Å²) in [6.07, 6.45) is 0. The van der Waals surface area contributed by atoms with Gasteiger partial charge in [-0.3, -0.25) is 0 Å². The highest BCUT2D eigenvalue weighted by Crippen LogP contribution is 2.22. The summed E-state index contributed by atoms with van der Waals surface area (Å²) in [5, 5.41) is 9.12. The number of aromatic carboxylic acids is 1. The van der Waals surface area contributed by atoms with E-state index in [0.29, 0.717) is 11.6 Å². The number of aromatic nitrogens is 2. The lowest BCUT2D eigenvalue weighted by Crippen LogP contribution is -2.14. The highest BCUT2D eigenvalue weighted by Gasteiger charge is 2.13. The van der Waals surface area contributed by atoms with Crippen LogP contribution in [0.4, 0.5) is 5.82 Å². The van der Waals surface area contributed by atoms with Crippen LogP contribution in [-0.4, -0.2) is 35.1 Å². The summed E-state index contributed by atoms with van der Waals surface area (Å²) in [6.45, 7) is 1.95. The third kappa shape index (κ3) is 2.70. The first-order chi connectivity index (χ1) is 8.99. The monoisotopic (exact) mass is 257 g/mol. The van der Waals surface area contributed by atoms with Crippen molar-refractivity contribution in [1.29, 1.82) is 0 Å². The van der Waals surface area contributed by atoms with Gasteiger partial charge in [0.25, 0.3) is 0 Å². The van der Waals surface area contributed by atoms with Gasteiger partial charge in [-0.25, -0.2) is 14.8 Å². The van der Waals surface area contributed by atoms with Gasteiger partial charge in [0, 0.05) is 25.7 Å². The zero-order valence-electron chi connectivity index (χ0n) is 11.1. The SMILES string of the molecule is Cc1ccccc1-c1nc(C(=O)O)cc(N(C)C)n1. The smallest absolute Gasteiger partial charge is 0.354 e. The first-order valence-electron chi connectivity index (χ1n) is 5.84. The van der Waals surface area contributed by atoms with Crippen LogP contribution in [0.1, 0.15) is 16.1 Å². The van der Waals surface area contributed by atoms with Crippen molar-refractivity contribution in [2.24, 2.45) is 0 Å². The van der Waals surface area contributed by atoms with Crippen LogP contribution in [0, 0.1) is 6.92 Å². The van der Waals surface area contributed by atoms with E-state index in [1.165, 1.54) is 6.07 Å². The minimum Gasteiger partial charge on any atom is -0.477 e. The van der Waals surface area contributed by atoms with E-state index in [0.717, 1.165) is 11.1 Å². The Morgan fingerprint density at radius 2 is 1.89 bits per heavy atom. The molecule has 0 atom stereocenters. The molecule has 1 heterocycles. The van der Waals surface area contributed by atoms with Gasteiger partial charge in [0.15, 0.2) is 11.5 Å². The van der Waals surface area contributed by atoms with Gasteiger partial charge in [0.2, 0.25) is 0 Å². The van der Waals surface area contributed by atoms with Gasteiger partial charge >= 0.3 is 5.97 Å². The molecule has 0 saturated heterocycles. The molecule has 5 heteroatoms. The maximum atomic E-state index is 11.1. The molecule has 2 rings (SSSR count). The first-order valence-corrected chi connectivity index (χ1v) is 5.84. The fraction of sp³-hybridized carbons (Fsp3) is 0.214. The molecule has 0 aliphatic rings. The number of nitrogens with zero attached hydrogens (tertiary/aromatic N) is 3. The largest absolute Gasteiger partial charge is 0.477 e. The molecule has 0 fully saturated rings. The zero-order valence-corrected chi connectivity index (χ0v) is 11.1.